The van der Waals surface area contributed by atoms with Crippen molar-refractivity contribution in [3.8, 4) is 0 Å². The number of anilines is 1. The van der Waals surface area contributed by atoms with E-state index in [1.165, 1.54) is 0 Å². The fourth-order valence-electron chi connectivity index (χ4n) is 0.899. The summed E-state index contributed by atoms with van der Waals surface area (Å²) in [7, 11) is 0. The Kier molecular flexibility index (Phi) is 4.27. The summed E-state index contributed by atoms with van der Waals surface area (Å²) < 4.78 is 0.679. The van der Waals surface area contributed by atoms with Crippen LogP contribution in [-0.4, -0.2) is 22.3 Å². The molecule has 0 fully saturated rings. The largest absolute Gasteiger partial charge is 0.362 e. The third kappa shape index (κ3) is 3.72. The second-order valence-corrected chi connectivity index (χ2v) is 5.55. The molecule has 0 aromatic carbocycles. The highest BCUT2D eigenvalue weighted by atomic mass is 79.9. The van der Waals surface area contributed by atoms with E-state index in [1.54, 1.807) is 6.20 Å². The molecule has 0 saturated heterocycles. The van der Waals surface area contributed by atoms with Gasteiger partial charge in [0.1, 0.15) is 5.82 Å². The minimum Gasteiger partial charge on any atom is -0.362 e. The Labute approximate surface area is 108 Å². The first-order valence-corrected chi connectivity index (χ1v) is 5.93. The maximum absolute atomic E-state index is 11.7. The van der Waals surface area contributed by atoms with Gasteiger partial charge in [0.25, 0.3) is 0 Å². The van der Waals surface area contributed by atoms with Gasteiger partial charge in [-0.05, 0) is 27.5 Å². The van der Waals surface area contributed by atoms with Crippen molar-refractivity contribution in [3.63, 3.8) is 0 Å². The van der Waals surface area contributed by atoms with E-state index in [2.05, 4.69) is 31.2 Å². The maximum Gasteiger partial charge on any atom is 0.224 e. The van der Waals surface area contributed by atoms with E-state index in [4.69, 9.17) is 11.6 Å². The van der Waals surface area contributed by atoms with Gasteiger partial charge in [0.2, 0.25) is 5.28 Å². The molecule has 4 nitrogen and oxygen atoms in total. The molecular weight excluding hydrogens is 293 g/mol. The Morgan fingerprint density at radius 3 is 2.75 bits per heavy atom. The molecule has 0 aliphatic carbocycles. The summed E-state index contributed by atoms with van der Waals surface area (Å²) in [6.07, 6.45) is 1.54. The lowest BCUT2D eigenvalue weighted by Crippen LogP contribution is -2.27. The van der Waals surface area contributed by atoms with Crippen LogP contribution in [-0.2, 0) is 4.79 Å². The van der Waals surface area contributed by atoms with Crippen LogP contribution >= 0.6 is 27.5 Å². The first-order chi connectivity index (χ1) is 7.30. The van der Waals surface area contributed by atoms with E-state index in [-0.39, 0.29) is 23.0 Å². The Hall–Kier alpha value is -0.680. The van der Waals surface area contributed by atoms with Crippen molar-refractivity contribution < 1.29 is 4.79 Å². The van der Waals surface area contributed by atoms with Gasteiger partial charge in [0.15, 0.2) is 5.78 Å². The zero-order chi connectivity index (χ0) is 12.3. The summed E-state index contributed by atoms with van der Waals surface area (Å²) in [5, 5.41) is 3.08. The molecule has 1 N–H and O–H groups in total. The van der Waals surface area contributed by atoms with E-state index < -0.39 is 0 Å². The zero-order valence-corrected chi connectivity index (χ0v) is 11.7. The molecule has 0 saturated carbocycles. The van der Waals surface area contributed by atoms with Gasteiger partial charge in [0.05, 0.1) is 11.0 Å². The normalized spacial score (nSPS) is 11.3. The van der Waals surface area contributed by atoms with E-state index in [0.717, 1.165) is 0 Å². The van der Waals surface area contributed by atoms with Crippen LogP contribution in [0.15, 0.2) is 10.7 Å². The van der Waals surface area contributed by atoms with Gasteiger partial charge in [0, 0.05) is 11.6 Å². The summed E-state index contributed by atoms with van der Waals surface area (Å²) in [5.41, 5.74) is -0.365. The van der Waals surface area contributed by atoms with Crippen LogP contribution in [0.5, 0.6) is 0 Å². The number of nitrogens with zero attached hydrogens (tertiary/aromatic N) is 2. The number of hydrogen-bond donors (Lipinski definition) is 1. The van der Waals surface area contributed by atoms with E-state index in [0.29, 0.717) is 10.3 Å². The molecule has 1 aromatic rings. The smallest absolute Gasteiger partial charge is 0.224 e. The molecule has 0 aliphatic rings. The summed E-state index contributed by atoms with van der Waals surface area (Å²) in [6, 6.07) is 0. The second-order valence-electron chi connectivity index (χ2n) is 4.36. The van der Waals surface area contributed by atoms with Crippen LogP contribution < -0.4 is 5.32 Å². The van der Waals surface area contributed by atoms with Gasteiger partial charge in [-0.15, -0.1) is 0 Å². The van der Waals surface area contributed by atoms with Gasteiger partial charge in [-0.2, -0.15) is 4.98 Å². The monoisotopic (exact) mass is 305 g/mol. The van der Waals surface area contributed by atoms with Crippen LogP contribution in [0.2, 0.25) is 5.28 Å². The molecule has 0 bridgehead atoms. The average molecular weight is 307 g/mol. The molecule has 1 rings (SSSR count). The van der Waals surface area contributed by atoms with Gasteiger partial charge in [-0.1, -0.05) is 20.8 Å². The third-order valence-electron chi connectivity index (χ3n) is 1.97. The molecule has 6 heteroatoms. The van der Waals surface area contributed by atoms with Crippen molar-refractivity contribution in [2.75, 3.05) is 11.9 Å². The lowest BCUT2D eigenvalue weighted by atomic mass is 9.91. The molecular formula is C10H13BrClN3O. The maximum atomic E-state index is 11.7. The third-order valence-corrected chi connectivity index (χ3v) is 2.73. The summed E-state index contributed by atoms with van der Waals surface area (Å²) in [6.45, 7) is 5.84. The van der Waals surface area contributed by atoms with E-state index >= 15 is 0 Å². The summed E-state index contributed by atoms with van der Waals surface area (Å²) in [5.74, 6) is 0.631. The molecule has 1 heterocycles. The lowest BCUT2D eigenvalue weighted by Gasteiger charge is -2.17. The van der Waals surface area contributed by atoms with Crippen LogP contribution in [0.25, 0.3) is 0 Å². The van der Waals surface area contributed by atoms with Crippen molar-refractivity contribution in [2.45, 2.75) is 20.8 Å². The number of Topliss-reactive ketones (excluding diaryl/α,β-unsaturated/α-hetero) is 1. The summed E-state index contributed by atoms with van der Waals surface area (Å²) >= 11 is 8.93. The lowest BCUT2D eigenvalue weighted by molar-refractivity contribution is -0.124. The average Bonchev–Trinajstić information content (AvgIpc) is 2.17. The standard InChI is InChI=1S/C10H13BrClN3O/c1-10(2,3)7(16)5-13-8-6(11)4-14-9(12)15-8/h4H,5H2,1-3H3,(H,13,14,15). The number of nitrogens with one attached hydrogen (secondary N) is 1. The van der Waals surface area contributed by atoms with Crippen LogP contribution in [0.3, 0.4) is 0 Å². The van der Waals surface area contributed by atoms with Crippen LogP contribution in [0.4, 0.5) is 5.82 Å². The predicted octanol–water partition coefficient (Wildman–Crippen LogP) is 2.92. The molecule has 1 aromatic heterocycles. The zero-order valence-electron chi connectivity index (χ0n) is 9.34. The van der Waals surface area contributed by atoms with Gasteiger partial charge in [-0.25, -0.2) is 4.98 Å². The molecule has 0 aliphatic heterocycles. The molecule has 16 heavy (non-hydrogen) atoms. The van der Waals surface area contributed by atoms with Crippen LogP contribution in [0.1, 0.15) is 20.8 Å². The second kappa shape index (κ2) is 5.10. The van der Waals surface area contributed by atoms with E-state index in [9.17, 15) is 4.79 Å². The van der Waals surface area contributed by atoms with E-state index in [1.807, 2.05) is 20.8 Å². The number of carbonyl (C=O) groups is 1. The quantitative estimate of drug-likeness (QED) is 0.872. The molecule has 0 spiro atoms. The van der Waals surface area contributed by atoms with Crippen molar-refractivity contribution in [2.24, 2.45) is 5.41 Å². The number of aromatic nitrogens is 2. The number of halogens is 2. The Morgan fingerprint density at radius 2 is 2.19 bits per heavy atom. The Bertz CT molecular complexity index is 404. The first-order valence-electron chi connectivity index (χ1n) is 4.76. The highest BCUT2D eigenvalue weighted by Crippen LogP contribution is 2.21. The van der Waals surface area contributed by atoms with Gasteiger partial charge >= 0.3 is 0 Å². The van der Waals surface area contributed by atoms with Gasteiger partial charge < -0.3 is 5.32 Å². The number of rotatable bonds is 3. The van der Waals surface area contributed by atoms with Gasteiger partial charge in [-0.3, -0.25) is 4.79 Å². The first kappa shape index (κ1) is 13.4. The SMILES string of the molecule is CC(C)(C)C(=O)CNc1nc(Cl)ncc1Br. The molecule has 88 valence electrons. The van der Waals surface area contributed by atoms with Crippen molar-refractivity contribution in [1.82, 2.24) is 9.97 Å². The minimum atomic E-state index is -0.365. The number of carbonyl (C=O) groups excluding carboxylic acids is 1. The Balaban J connectivity index is 2.68. The van der Waals surface area contributed by atoms with Crippen molar-refractivity contribution in [3.05, 3.63) is 16.0 Å². The fourth-order valence-corrected chi connectivity index (χ4v) is 1.36. The number of hydrogen-bond acceptors (Lipinski definition) is 4. The molecule has 0 radical (unpaired) electrons. The molecule has 0 amide bonds. The number of ketones is 1. The molecule has 0 atom stereocenters. The fraction of sp³-hybridized carbons (Fsp3) is 0.500. The highest BCUT2D eigenvalue weighted by Gasteiger charge is 2.20. The minimum absolute atomic E-state index is 0.106. The predicted molar refractivity (Wildman–Crippen MR) is 67.7 cm³/mol. The summed E-state index contributed by atoms with van der Waals surface area (Å²) in [4.78, 5) is 19.4. The Morgan fingerprint density at radius 1 is 1.56 bits per heavy atom. The van der Waals surface area contributed by atoms with Crippen molar-refractivity contribution >= 4 is 39.1 Å². The topological polar surface area (TPSA) is 54.9 Å². The van der Waals surface area contributed by atoms with Crippen LogP contribution in [0, 0.1) is 5.41 Å². The molecule has 0 unspecified atom stereocenters. The highest BCUT2D eigenvalue weighted by molar-refractivity contribution is 9.10. The van der Waals surface area contributed by atoms with Crippen molar-refractivity contribution in [1.29, 1.82) is 0 Å².